The van der Waals surface area contributed by atoms with E-state index in [0.29, 0.717) is 69.9 Å². The highest BCUT2D eigenvalue weighted by atomic mass is 16.2. The van der Waals surface area contributed by atoms with Crippen molar-refractivity contribution in [3.63, 3.8) is 0 Å². The lowest BCUT2D eigenvalue weighted by Crippen LogP contribution is -2.53. The summed E-state index contributed by atoms with van der Waals surface area (Å²) in [5.41, 5.74) is 3.39. The Bertz CT molecular complexity index is 1630. The van der Waals surface area contributed by atoms with Gasteiger partial charge in [0.2, 0.25) is 17.7 Å². The van der Waals surface area contributed by atoms with Crippen LogP contribution in [0.15, 0.2) is 60.8 Å². The van der Waals surface area contributed by atoms with Crippen molar-refractivity contribution in [2.45, 2.75) is 83.3 Å². The Morgan fingerprint density at radius 2 is 1.78 bits per heavy atom. The number of aromatic nitrogens is 4. The lowest BCUT2D eigenvalue weighted by molar-refractivity contribution is -0.143. The summed E-state index contributed by atoms with van der Waals surface area (Å²) in [7, 11) is 0. The number of amides is 3. The summed E-state index contributed by atoms with van der Waals surface area (Å²) < 4.78 is 1.85. The van der Waals surface area contributed by atoms with Gasteiger partial charge in [-0.3, -0.25) is 14.4 Å². The molecule has 4 heterocycles. The summed E-state index contributed by atoms with van der Waals surface area (Å²) in [6, 6.07) is 17.3. The molecule has 2 N–H and O–H groups in total. The first-order valence-corrected chi connectivity index (χ1v) is 16.3. The molecule has 3 amide bonds. The molecule has 10 heteroatoms. The summed E-state index contributed by atoms with van der Waals surface area (Å²) >= 11 is 0. The Morgan fingerprint density at radius 3 is 2.64 bits per heavy atom. The van der Waals surface area contributed by atoms with Gasteiger partial charge < -0.3 is 20.1 Å². The van der Waals surface area contributed by atoms with Gasteiger partial charge in [-0.15, -0.1) is 0 Å². The highest BCUT2D eigenvalue weighted by Gasteiger charge is 2.34. The molecular formula is C35H43N7O3. The lowest BCUT2D eigenvalue weighted by Gasteiger charge is -2.36. The van der Waals surface area contributed by atoms with Gasteiger partial charge >= 0.3 is 0 Å². The minimum absolute atomic E-state index is 0.0164. The van der Waals surface area contributed by atoms with E-state index >= 15 is 0 Å². The second kappa shape index (κ2) is 14.1. The second-order valence-corrected chi connectivity index (χ2v) is 12.3. The summed E-state index contributed by atoms with van der Waals surface area (Å²) in [6.07, 6.45) is 7.86. The van der Waals surface area contributed by atoms with Gasteiger partial charge in [0.25, 0.3) is 0 Å². The topological polar surface area (TPSA) is 116 Å². The number of piperidine rings is 1. The van der Waals surface area contributed by atoms with E-state index in [4.69, 9.17) is 10.1 Å². The molecule has 45 heavy (non-hydrogen) atoms. The maximum Gasteiger partial charge on any atom is 0.243 e. The molecule has 1 saturated heterocycles. The number of hydrogen-bond acceptors (Lipinski definition) is 5. The SMILES string of the molecule is Cc1nc2n(n1)CCN(C(=O)CCCc1c[nH]c3ccccc13)CCCC(=O)N1CCCC[C@H]1C(=O)N[C@@H]2Cc1ccccc1. The number of benzene rings is 2. The Kier molecular flexibility index (Phi) is 9.57. The smallest absolute Gasteiger partial charge is 0.243 e. The van der Waals surface area contributed by atoms with Crippen LogP contribution in [-0.4, -0.2) is 72.9 Å². The van der Waals surface area contributed by atoms with E-state index in [1.807, 2.05) is 65.2 Å². The van der Waals surface area contributed by atoms with E-state index in [2.05, 4.69) is 22.4 Å². The number of para-hydroxylation sites is 1. The molecule has 4 aromatic rings. The van der Waals surface area contributed by atoms with E-state index in [-0.39, 0.29) is 17.7 Å². The van der Waals surface area contributed by atoms with Gasteiger partial charge in [0, 0.05) is 49.6 Å². The lowest BCUT2D eigenvalue weighted by atomic mass is 9.99. The Labute approximate surface area is 264 Å². The van der Waals surface area contributed by atoms with Gasteiger partial charge in [-0.1, -0.05) is 48.5 Å². The highest BCUT2D eigenvalue weighted by Crippen LogP contribution is 2.24. The standard InChI is InChI=1S/C35H43N7O3/c1-25-37-34-30(23-26-11-3-2-4-12-26)38-35(45)31-16-7-8-20-41(31)33(44)18-10-19-40(21-22-42(34)39-25)32(43)17-9-13-27-24-36-29-15-6-5-14-28(27)29/h2-6,11-12,14-15,24,30-31,36H,7-10,13,16-23H2,1H3,(H,38,45)/t30-,31+/m1/s1. The van der Waals surface area contributed by atoms with Crippen molar-refractivity contribution in [1.82, 2.24) is 34.9 Å². The molecule has 0 spiro atoms. The van der Waals surface area contributed by atoms with Crippen molar-refractivity contribution < 1.29 is 14.4 Å². The minimum atomic E-state index is -0.507. The quantitative estimate of drug-likeness (QED) is 0.334. The van der Waals surface area contributed by atoms with Crippen LogP contribution in [-0.2, 0) is 33.8 Å². The third-order valence-corrected chi connectivity index (χ3v) is 9.11. The maximum atomic E-state index is 13.8. The van der Waals surface area contributed by atoms with Crippen LogP contribution in [0.2, 0.25) is 0 Å². The van der Waals surface area contributed by atoms with Gasteiger partial charge in [-0.2, -0.15) is 5.10 Å². The number of nitrogens with zero attached hydrogens (tertiary/aromatic N) is 5. The van der Waals surface area contributed by atoms with E-state index in [1.54, 1.807) is 4.90 Å². The zero-order valence-corrected chi connectivity index (χ0v) is 26.1. The Hall–Kier alpha value is -4.47. The zero-order chi connectivity index (χ0) is 31.2. The fourth-order valence-corrected chi connectivity index (χ4v) is 6.79. The van der Waals surface area contributed by atoms with Gasteiger partial charge in [0.05, 0.1) is 12.6 Å². The number of aryl methyl sites for hydroxylation is 2. The summed E-state index contributed by atoms with van der Waals surface area (Å²) in [4.78, 5) is 52.6. The largest absolute Gasteiger partial charge is 0.361 e. The number of nitrogens with one attached hydrogen (secondary N) is 2. The van der Waals surface area contributed by atoms with Crippen molar-refractivity contribution in [2.75, 3.05) is 19.6 Å². The minimum Gasteiger partial charge on any atom is -0.361 e. The summed E-state index contributed by atoms with van der Waals surface area (Å²) in [5.74, 6) is 1.21. The molecule has 2 atom stereocenters. The summed E-state index contributed by atoms with van der Waals surface area (Å²) in [5, 5.41) is 9.15. The molecule has 0 aliphatic carbocycles. The van der Waals surface area contributed by atoms with Crippen LogP contribution in [0.5, 0.6) is 0 Å². The summed E-state index contributed by atoms with van der Waals surface area (Å²) in [6.45, 7) is 3.82. The number of aromatic amines is 1. The first kappa shape index (κ1) is 30.6. The van der Waals surface area contributed by atoms with Gasteiger partial charge in [-0.05, 0) is 69.1 Å². The van der Waals surface area contributed by atoms with Crippen LogP contribution in [0.1, 0.15) is 73.8 Å². The number of rotatable bonds is 6. The number of hydrogen-bond donors (Lipinski definition) is 2. The van der Waals surface area contributed by atoms with Crippen LogP contribution in [0.4, 0.5) is 0 Å². The zero-order valence-electron chi connectivity index (χ0n) is 26.1. The van der Waals surface area contributed by atoms with Crippen LogP contribution in [0.3, 0.4) is 0 Å². The molecule has 0 saturated carbocycles. The molecule has 0 unspecified atom stereocenters. The van der Waals surface area contributed by atoms with Gasteiger partial charge in [0.1, 0.15) is 17.7 Å². The number of H-pyrrole nitrogens is 1. The average Bonchev–Trinajstić information content (AvgIpc) is 3.65. The molecule has 2 aromatic heterocycles. The van der Waals surface area contributed by atoms with Crippen LogP contribution < -0.4 is 5.32 Å². The number of fused-ring (bicyclic) bond motifs is 3. The van der Waals surface area contributed by atoms with Crippen molar-refractivity contribution >= 4 is 28.6 Å². The van der Waals surface area contributed by atoms with Crippen molar-refractivity contribution in [1.29, 1.82) is 0 Å². The molecule has 0 bridgehead atoms. The van der Waals surface area contributed by atoms with Crippen LogP contribution in [0.25, 0.3) is 10.9 Å². The molecule has 6 rings (SSSR count). The van der Waals surface area contributed by atoms with E-state index in [1.165, 1.54) is 10.9 Å². The molecule has 236 valence electrons. The highest BCUT2D eigenvalue weighted by molar-refractivity contribution is 5.88. The van der Waals surface area contributed by atoms with Gasteiger partial charge in [-0.25, -0.2) is 9.67 Å². The number of carbonyl (C=O) groups is 3. The Balaban J connectivity index is 1.23. The predicted molar refractivity (Wildman–Crippen MR) is 172 cm³/mol. The van der Waals surface area contributed by atoms with E-state index in [9.17, 15) is 14.4 Å². The Morgan fingerprint density at radius 1 is 0.956 bits per heavy atom. The van der Waals surface area contributed by atoms with Crippen LogP contribution in [0, 0.1) is 6.92 Å². The normalized spacial score (nSPS) is 19.9. The first-order valence-electron chi connectivity index (χ1n) is 16.3. The number of carbonyl (C=O) groups excluding carboxylic acids is 3. The molecule has 10 nitrogen and oxygen atoms in total. The van der Waals surface area contributed by atoms with Crippen molar-refractivity contribution in [3.05, 3.63) is 83.6 Å². The fourth-order valence-electron chi connectivity index (χ4n) is 6.79. The molecule has 2 aliphatic rings. The van der Waals surface area contributed by atoms with Crippen molar-refractivity contribution in [2.24, 2.45) is 0 Å². The van der Waals surface area contributed by atoms with Gasteiger partial charge in [0.15, 0.2) is 0 Å². The van der Waals surface area contributed by atoms with Crippen molar-refractivity contribution in [3.8, 4) is 0 Å². The van der Waals surface area contributed by atoms with E-state index < -0.39 is 12.1 Å². The molecular weight excluding hydrogens is 566 g/mol. The fraction of sp³-hybridized carbons (Fsp3) is 0.457. The molecule has 2 aliphatic heterocycles. The third-order valence-electron chi connectivity index (χ3n) is 9.11. The van der Waals surface area contributed by atoms with E-state index in [0.717, 1.165) is 36.8 Å². The molecule has 1 fully saturated rings. The molecule has 2 aromatic carbocycles. The first-order chi connectivity index (χ1) is 22.0. The predicted octanol–water partition coefficient (Wildman–Crippen LogP) is 4.49. The average molecular weight is 610 g/mol. The second-order valence-electron chi connectivity index (χ2n) is 12.3. The van der Waals surface area contributed by atoms with Crippen LogP contribution >= 0.6 is 0 Å². The maximum absolute atomic E-state index is 13.8. The molecule has 0 radical (unpaired) electrons. The third kappa shape index (κ3) is 7.27. The monoisotopic (exact) mass is 609 g/mol.